The van der Waals surface area contributed by atoms with Gasteiger partial charge < -0.3 is 4.74 Å². The predicted octanol–water partition coefficient (Wildman–Crippen LogP) is 2.42. The lowest BCUT2D eigenvalue weighted by Crippen LogP contribution is -1.94. The van der Waals surface area contributed by atoms with E-state index in [9.17, 15) is 4.79 Å². The molecular weight excluding hydrogens is 164 g/mol. The van der Waals surface area contributed by atoms with E-state index in [1.165, 1.54) is 0 Å². The Labute approximate surface area is 77.8 Å². The highest BCUT2D eigenvalue weighted by atomic mass is 16.5. The normalized spacial score (nSPS) is 10.2. The number of carbonyl (C=O) groups excluding carboxylic acids is 1. The Morgan fingerprint density at radius 3 is 2.69 bits per heavy atom. The fraction of sp³-hybridized carbons (Fsp3) is 0.0909. The van der Waals surface area contributed by atoms with Crippen LogP contribution < -0.4 is 0 Å². The van der Waals surface area contributed by atoms with E-state index >= 15 is 0 Å². The van der Waals surface area contributed by atoms with Crippen molar-refractivity contribution in [2.75, 3.05) is 0 Å². The standard InChI is InChI=1S/C11H11O2/c1-13-11(12)9-5-8-10-6-3-2-4-7-10/h2-8H,1,9H2. The molecule has 0 spiro atoms. The van der Waals surface area contributed by atoms with Crippen LogP contribution in [-0.4, -0.2) is 5.97 Å². The van der Waals surface area contributed by atoms with Crippen molar-refractivity contribution >= 4 is 12.0 Å². The smallest absolute Gasteiger partial charge is 0.309 e. The SMILES string of the molecule is [CH2]OC(=O)CC=Cc1ccccc1. The monoisotopic (exact) mass is 175 g/mol. The second-order valence-corrected chi connectivity index (χ2v) is 2.53. The zero-order valence-corrected chi connectivity index (χ0v) is 7.27. The van der Waals surface area contributed by atoms with E-state index in [1.54, 1.807) is 6.08 Å². The minimum atomic E-state index is -0.327. The van der Waals surface area contributed by atoms with Gasteiger partial charge in [-0.05, 0) is 5.56 Å². The summed E-state index contributed by atoms with van der Waals surface area (Å²) in [7, 11) is 3.03. The summed E-state index contributed by atoms with van der Waals surface area (Å²) in [5.41, 5.74) is 1.07. The van der Waals surface area contributed by atoms with Crippen LogP contribution in [0.2, 0.25) is 0 Å². The average Bonchev–Trinajstić information content (AvgIpc) is 2.19. The number of ether oxygens (including phenoxy) is 1. The van der Waals surface area contributed by atoms with Gasteiger partial charge in [0, 0.05) is 0 Å². The maximum atomic E-state index is 10.7. The first-order valence-electron chi connectivity index (χ1n) is 3.99. The molecule has 0 N–H and O–H groups in total. The Bertz CT molecular complexity index is 288. The van der Waals surface area contributed by atoms with Gasteiger partial charge in [-0.2, -0.15) is 0 Å². The van der Waals surface area contributed by atoms with E-state index in [-0.39, 0.29) is 12.4 Å². The lowest BCUT2D eigenvalue weighted by Gasteiger charge is -1.92. The van der Waals surface area contributed by atoms with Gasteiger partial charge >= 0.3 is 5.97 Å². The van der Waals surface area contributed by atoms with Crippen molar-refractivity contribution < 1.29 is 9.53 Å². The Morgan fingerprint density at radius 1 is 1.38 bits per heavy atom. The minimum Gasteiger partial charge on any atom is -0.462 e. The van der Waals surface area contributed by atoms with Crippen molar-refractivity contribution in [3.63, 3.8) is 0 Å². The van der Waals surface area contributed by atoms with E-state index in [0.717, 1.165) is 5.56 Å². The molecular formula is C11H11O2. The molecule has 0 aromatic heterocycles. The molecule has 1 radical (unpaired) electrons. The molecule has 13 heavy (non-hydrogen) atoms. The first-order chi connectivity index (χ1) is 6.33. The third-order valence-corrected chi connectivity index (χ3v) is 1.56. The zero-order valence-electron chi connectivity index (χ0n) is 7.27. The summed E-state index contributed by atoms with van der Waals surface area (Å²) in [4.78, 5) is 10.7. The molecule has 0 amide bonds. The summed E-state index contributed by atoms with van der Waals surface area (Å²) in [6.07, 6.45) is 3.89. The fourth-order valence-electron chi connectivity index (χ4n) is 0.914. The molecule has 0 saturated heterocycles. The van der Waals surface area contributed by atoms with Crippen molar-refractivity contribution in [3.8, 4) is 0 Å². The number of hydrogen-bond donors (Lipinski definition) is 0. The third kappa shape index (κ3) is 3.56. The van der Waals surface area contributed by atoms with Crippen molar-refractivity contribution in [2.45, 2.75) is 6.42 Å². The quantitative estimate of drug-likeness (QED) is 0.659. The van der Waals surface area contributed by atoms with Crippen LogP contribution in [0, 0.1) is 7.11 Å². The highest BCUT2D eigenvalue weighted by molar-refractivity contribution is 5.72. The van der Waals surface area contributed by atoms with E-state index in [1.807, 2.05) is 36.4 Å². The summed E-state index contributed by atoms with van der Waals surface area (Å²) in [6.45, 7) is 0. The number of esters is 1. The molecule has 0 heterocycles. The summed E-state index contributed by atoms with van der Waals surface area (Å²) in [5, 5.41) is 0. The first-order valence-corrected chi connectivity index (χ1v) is 3.99. The molecule has 1 aromatic rings. The van der Waals surface area contributed by atoms with E-state index in [0.29, 0.717) is 0 Å². The fourth-order valence-corrected chi connectivity index (χ4v) is 0.914. The number of rotatable bonds is 3. The van der Waals surface area contributed by atoms with Crippen molar-refractivity contribution in [1.82, 2.24) is 0 Å². The number of hydrogen-bond acceptors (Lipinski definition) is 2. The number of benzene rings is 1. The topological polar surface area (TPSA) is 26.3 Å². The first kappa shape index (κ1) is 9.52. The Kier molecular flexibility index (Phi) is 3.76. The van der Waals surface area contributed by atoms with Gasteiger partial charge in [0.2, 0.25) is 0 Å². The Hall–Kier alpha value is -1.57. The van der Waals surface area contributed by atoms with Crippen LogP contribution in [0.4, 0.5) is 0 Å². The molecule has 0 aliphatic heterocycles. The number of carbonyl (C=O) groups is 1. The highest BCUT2D eigenvalue weighted by Gasteiger charge is 1.93. The van der Waals surface area contributed by atoms with Crippen molar-refractivity contribution in [2.24, 2.45) is 0 Å². The van der Waals surface area contributed by atoms with Crippen molar-refractivity contribution in [3.05, 3.63) is 49.1 Å². The van der Waals surface area contributed by atoms with Gasteiger partial charge in [-0.15, -0.1) is 0 Å². The molecule has 0 unspecified atom stereocenters. The molecule has 67 valence electrons. The lowest BCUT2D eigenvalue weighted by molar-refractivity contribution is -0.137. The molecule has 0 aliphatic rings. The average molecular weight is 175 g/mol. The van der Waals surface area contributed by atoms with Crippen LogP contribution in [0.3, 0.4) is 0 Å². The van der Waals surface area contributed by atoms with E-state index in [4.69, 9.17) is 0 Å². The summed E-state index contributed by atoms with van der Waals surface area (Å²) in [6, 6.07) is 9.76. The zero-order chi connectivity index (χ0) is 9.52. The molecule has 1 aromatic carbocycles. The van der Waals surface area contributed by atoms with Gasteiger partial charge in [-0.25, -0.2) is 0 Å². The van der Waals surface area contributed by atoms with Crippen LogP contribution in [-0.2, 0) is 9.53 Å². The summed E-state index contributed by atoms with van der Waals surface area (Å²) in [5.74, 6) is -0.327. The second kappa shape index (κ2) is 5.14. The molecule has 1 rings (SSSR count). The Morgan fingerprint density at radius 2 is 2.08 bits per heavy atom. The summed E-state index contributed by atoms with van der Waals surface area (Å²) < 4.78 is 4.25. The highest BCUT2D eigenvalue weighted by Crippen LogP contribution is 2.01. The van der Waals surface area contributed by atoms with Gasteiger partial charge in [-0.1, -0.05) is 42.5 Å². The van der Waals surface area contributed by atoms with Crippen LogP contribution in [0.5, 0.6) is 0 Å². The second-order valence-electron chi connectivity index (χ2n) is 2.53. The van der Waals surface area contributed by atoms with E-state index in [2.05, 4.69) is 11.8 Å². The minimum absolute atomic E-state index is 0.262. The molecule has 0 saturated carbocycles. The van der Waals surface area contributed by atoms with Gasteiger partial charge in [0.05, 0.1) is 6.42 Å². The molecule has 0 atom stereocenters. The molecule has 0 aliphatic carbocycles. The molecule has 0 fully saturated rings. The molecule has 0 bridgehead atoms. The van der Waals surface area contributed by atoms with Crippen molar-refractivity contribution in [1.29, 1.82) is 0 Å². The maximum Gasteiger partial charge on any atom is 0.309 e. The van der Waals surface area contributed by atoms with Crippen LogP contribution >= 0.6 is 0 Å². The van der Waals surface area contributed by atoms with Crippen LogP contribution in [0.25, 0.3) is 6.08 Å². The molecule has 2 nitrogen and oxygen atoms in total. The Balaban J connectivity index is 2.45. The molecule has 2 heteroatoms. The van der Waals surface area contributed by atoms with Gasteiger partial charge in [0.1, 0.15) is 7.11 Å². The van der Waals surface area contributed by atoms with Gasteiger partial charge in [0.15, 0.2) is 0 Å². The summed E-state index contributed by atoms with van der Waals surface area (Å²) >= 11 is 0. The van der Waals surface area contributed by atoms with Gasteiger partial charge in [0.25, 0.3) is 0 Å². The lowest BCUT2D eigenvalue weighted by atomic mass is 10.2. The van der Waals surface area contributed by atoms with E-state index < -0.39 is 0 Å². The third-order valence-electron chi connectivity index (χ3n) is 1.56. The maximum absolute atomic E-state index is 10.7. The van der Waals surface area contributed by atoms with Crippen LogP contribution in [0.1, 0.15) is 12.0 Å². The largest absolute Gasteiger partial charge is 0.462 e. The van der Waals surface area contributed by atoms with Gasteiger partial charge in [-0.3, -0.25) is 4.79 Å². The predicted molar refractivity (Wildman–Crippen MR) is 51.5 cm³/mol. The van der Waals surface area contributed by atoms with Crippen LogP contribution in [0.15, 0.2) is 36.4 Å².